The third kappa shape index (κ3) is 4.40. The second kappa shape index (κ2) is 9.17. The van der Waals surface area contributed by atoms with E-state index < -0.39 is 0 Å². The molecule has 0 unspecified atom stereocenters. The van der Waals surface area contributed by atoms with Crippen molar-refractivity contribution in [3.8, 4) is 11.1 Å². The molecule has 0 bridgehead atoms. The van der Waals surface area contributed by atoms with Gasteiger partial charge in [0, 0.05) is 53.2 Å². The van der Waals surface area contributed by atoms with Crippen LogP contribution in [-0.4, -0.2) is 52.1 Å². The summed E-state index contributed by atoms with van der Waals surface area (Å²) in [5, 5.41) is 4.48. The quantitative estimate of drug-likeness (QED) is 0.465. The van der Waals surface area contributed by atoms with Crippen LogP contribution in [0.5, 0.6) is 0 Å². The second-order valence-electron chi connectivity index (χ2n) is 7.90. The monoisotopic (exact) mass is 462 g/mol. The number of aromatic amines is 1. The van der Waals surface area contributed by atoms with E-state index in [4.69, 9.17) is 16.3 Å². The Labute approximate surface area is 196 Å². The highest BCUT2D eigenvalue weighted by molar-refractivity contribution is 6.31. The van der Waals surface area contributed by atoms with E-state index in [1.54, 1.807) is 18.5 Å². The van der Waals surface area contributed by atoms with Gasteiger partial charge in [0.2, 0.25) is 5.82 Å². The number of benzene rings is 1. The first-order valence-electron chi connectivity index (χ1n) is 10.8. The van der Waals surface area contributed by atoms with Crippen LogP contribution in [0.3, 0.4) is 0 Å². The van der Waals surface area contributed by atoms with Gasteiger partial charge in [0.15, 0.2) is 0 Å². The summed E-state index contributed by atoms with van der Waals surface area (Å²) in [6, 6.07) is 9.26. The molecule has 168 valence electrons. The molecular formula is C24H23ClN6O2. The van der Waals surface area contributed by atoms with Gasteiger partial charge >= 0.3 is 0 Å². The minimum absolute atomic E-state index is 0.102. The highest BCUT2D eigenvalue weighted by Gasteiger charge is 2.18. The number of hydrogen-bond donors (Lipinski definition) is 2. The number of morpholine rings is 1. The Morgan fingerprint density at radius 3 is 2.67 bits per heavy atom. The smallest absolute Gasteiger partial charge is 0.289 e. The standard InChI is InChI=1S/C24H23ClN6O2/c1-15(18-4-2-3-5-21(18)25)30-24(32)23-26-11-16(12-27-23)20-14-29-22-19(20)10-17(13-28-22)31-6-8-33-9-7-31/h2-5,10-15H,6-9H2,1H3,(H,28,29)(H,30,32)/t15-/m0/s1. The summed E-state index contributed by atoms with van der Waals surface area (Å²) in [4.78, 5) is 31.3. The fraction of sp³-hybridized carbons (Fsp3) is 0.250. The van der Waals surface area contributed by atoms with Gasteiger partial charge in [0.05, 0.1) is 31.1 Å². The van der Waals surface area contributed by atoms with Crippen molar-refractivity contribution in [3.05, 3.63) is 71.5 Å². The molecule has 4 aromatic rings. The van der Waals surface area contributed by atoms with Crippen molar-refractivity contribution in [2.45, 2.75) is 13.0 Å². The molecule has 8 nitrogen and oxygen atoms in total. The van der Waals surface area contributed by atoms with Gasteiger partial charge in [-0.3, -0.25) is 4.79 Å². The zero-order chi connectivity index (χ0) is 22.8. The van der Waals surface area contributed by atoms with Gasteiger partial charge in [0.1, 0.15) is 5.65 Å². The zero-order valence-corrected chi connectivity index (χ0v) is 18.8. The van der Waals surface area contributed by atoms with Crippen molar-refractivity contribution < 1.29 is 9.53 Å². The fourth-order valence-corrected chi connectivity index (χ4v) is 4.27. The lowest BCUT2D eigenvalue weighted by Gasteiger charge is -2.28. The molecule has 1 aliphatic rings. The SMILES string of the molecule is C[C@H](NC(=O)c1ncc(-c2c[nH]c3ncc(N4CCOCC4)cc23)cn1)c1ccccc1Cl. The second-order valence-corrected chi connectivity index (χ2v) is 8.31. The maximum atomic E-state index is 12.7. The molecule has 2 N–H and O–H groups in total. The van der Waals surface area contributed by atoms with Gasteiger partial charge in [-0.2, -0.15) is 0 Å². The molecule has 0 aliphatic carbocycles. The summed E-state index contributed by atoms with van der Waals surface area (Å²) in [5.41, 5.74) is 4.42. The zero-order valence-electron chi connectivity index (χ0n) is 18.1. The molecule has 1 fully saturated rings. The third-order valence-electron chi connectivity index (χ3n) is 5.78. The molecule has 4 heterocycles. The van der Waals surface area contributed by atoms with Crippen molar-refractivity contribution >= 4 is 34.2 Å². The number of hydrogen-bond acceptors (Lipinski definition) is 6. The van der Waals surface area contributed by atoms with Crippen LogP contribution in [0.1, 0.15) is 29.1 Å². The van der Waals surface area contributed by atoms with E-state index >= 15 is 0 Å². The lowest BCUT2D eigenvalue weighted by atomic mass is 10.1. The number of carbonyl (C=O) groups excluding carboxylic acids is 1. The van der Waals surface area contributed by atoms with E-state index in [0.717, 1.165) is 46.5 Å². The molecule has 3 aromatic heterocycles. The summed E-state index contributed by atoms with van der Waals surface area (Å²) in [7, 11) is 0. The Kier molecular flexibility index (Phi) is 5.93. The first kappa shape index (κ1) is 21.4. The predicted octanol–water partition coefficient (Wildman–Crippen LogP) is 4.00. The van der Waals surface area contributed by atoms with Crippen molar-refractivity contribution in [2.75, 3.05) is 31.2 Å². The number of halogens is 1. The number of rotatable bonds is 5. The Balaban J connectivity index is 1.35. The van der Waals surface area contributed by atoms with E-state index in [9.17, 15) is 4.79 Å². The Hall–Kier alpha value is -3.49. The maximum absolute atomic E-state index is 12.7. The highest BCUT2D eigenvalue weighted by Crippen LogP contribution is 2.30. The normalized spacial score (nSPS) is 14.9. The fourth-order valence-electron chi connectivity index (χ4n) is 3.98. The highest BCUT2D eigenvalue weighted by atomic mass is 35.5. The summed E-state index contributed by atoms with van der Waals surface area (Å²) in [5.74, 6) is -0.256. The predicted molar refractivity (Wildman–Crippen MR) is 127 cm³/mol. The van der Waals surface area contributed by atoms with Crippen molar-refractivity contribution in [3.63, 3.8) is 0 Å². The summed E-state index contributed by atoms with van der Waals surface area (Å²) in [6.45, 7) is 4.98. The number of ether oxygens (including phenoxy) is 1. The molecule has 9 heteroatoms. The summed E-state index contributed by atoms with van der Waals surface area (Å²) >= 11 is 6.23. The largest absolute Gasteiger partial charge is 0.378 e. The number of amides is 1. The number of pyridine rings is 1. The van der Waals surface area contributed by atoms with E-state index in [2.05, 4.69) is 36.2 Å². The first-order chi connectivity index (χ1) is 16.1. The molecule has 1 aliphatic heterocycles. The van der Waals surface area contributed by atoms with Gasteiger partial charge in [0.25, 0.3) is 5.91 Å². The number of carbonyl (C=O) groups is 1. The Morgan fingerprint density at radius 2 is 1.91 bits per heavy atom. The van der Waals surface area contributed by atoms with Crippen LogP contribution >= 0.6 is 11.6 Å². The van der Waals surface area contributed by atoms with Crippen molar-refractivity contribution in [1.29, 1.82) is 0 Å². The van der Waals surface area contributed by atoms with Crippen LogP contribution in [0, 0.1) is 0 Å². The molecule has 0 saturated carbocycles. The van der Waals surface area contributed by atoms with E-state index in [0.29, 0.717) is 18.2 Å². The molecule has 5 rings (SSSR count). The number of aromatic nitrogens is 4. The Morgan fingerprint density at radius 1 is 1.15 bits per heavy atom. The summed E-state index contributed by atoms with van der Waals surface area (Å²) in [6.07, 6.45) is 7.08. The molecular weight excluding hydrogens is 440 g/mol. The van der Waals surface area contributed by atoms with E-state index in [1.807, 2.05) is 37.5 Å². The lowest BCUT2D eigenvalue weighted by Crippen LogP contribution is -2.36. The van der Waals surface area contributed by atoms with Gasteiger partial charge < -0.3 is 19.9 Å². The van der Waals surface area contributed by atoms with Crippen LogP contribution in [0.25, 0.3) is 22.2 Å². The van der Waals surface area contributed by atoms with Gasteiger partial charge in [-0.15, -0.1) is 0 Å². The number of nitrogens with zero attached hydrogens (tertiary/aromatic N) is 4. The Bertz CT molecular complexity index is 1280. The molecule has 1 atom stereocenters. The molecule has 1 aromatic carbocycles. The van der Waals surface area contributed by atoms with Crippen LogP contribution in [0.2, 0.25) is 5.02 Å². The van der Waals surface area contributed by atoms with Crippen LogP contribution in [0.15, 0.2) is 55.1 Å². The number of fused-ring (bicyclic) bond motifs is 1. The average molecular weight is 463 g/mol. The molecule has 33 heavy (non-hydrogen) atoms. The van der Waals surface area contributed by atoms with Crippen LogP contribution in [-0.2, 0) is 4.74 Å². The molecule has 0 spiro atoms. The molecule has 0 radical (unpaired) electrons. The van der Waals surface area contributed by atoms with Gasteiger partial charge in [-0.1, -0.05) is 29.8 Å². The molecule has 1 saturated heterocycles. The van der Waals surface area contributed by atoms with E-state index in [-0.39, 0.29) is 17.8 Å². The topological polar surface area (TPSA) is 96.0 Å². The average Bonchev–Trinajstić information content (AvgIpc) is 3.28. The van der Waals surface area contributed by atoms with Crippen molar-refractivity contribution in [2.24, 2.45) is 0 Å². The van der Waals surface area contributed by atoms with Crippen LogP contribution in [0.4, 0.5) is 5.69 Å². The minimum Gasteiger partial charge on any atom is -0.378 e. The number of anilines is 1. The van der Waals surface area contributed by atoms with Gasteiger partial charge in [-0.05, 0) is 24.6 Å². The minimum atomic E-state index is -0.357. The van der Waals surface area contributed by atoms with Crippen molar-refractivity contribution in [1.82, 2.24) is 25.3 Å². The lowest BCUT2D eigenvalue weighted by molar-refractivity contribution is 0.0929. The number of H-pyrrole nitrogens is 1. The maximum Gasteiger partial charge on any atom is 0.289 e. The first-order valence-corrected chi connectivity index (χ1v) is 11.2. The van der Waals surface area contributed by atoms with Crippen LogP contribution < -0.4 is 10.2 Å². The van der Waals surface area contributed by atoms with E-state index in [1.165, 1.54) is 0 Å². The number of nitrogens with one attached hydrogen (secondary N) is 2. The molecule has 1 amide bonds. The third-order valence-corrected chi connectivity index (χ3v) is 6.12. The summed E-state index contributed by atoms with van der Waals surface area (Å²) < 4.78 is 5.45. The van der Waals surface area contributed by atoms with Gasteiger partial charge in [-0.25, -0.2) is 15.0 Å².